The van der Waals surface area contributed by atoms with Gasteiger partial charge in [0, 0.05) is 5.02 Å². The molecule has 2 N–H and O–H groups in total. The predicted octanol–water partition coefficient (Wildman–Crippen LogP) is 0.684. The van der Waals surface area contributed by atoms with Gasteiger partial charge in [0.25, 0.3) is 5.91 Å². The minimum Gasteiger partial charge on any atom is -0.277 e. The van der Waals surface area contributed by atoms with Gasteiger partial charge in [-0.1, -0.05) is 11.6 Å². The first-order chi connectivity index (χ1) is 8.36. The quantitative estimate of drug-likeness (QED) is 0.782. The Morgan fingerprint density at radius 3 is 2.39 bits per heavy atom. The van der Waals surface area contributed by atoms with E-state index in [1.54, 1.807) is 0 Å². The summed E-state index contributed by atoms with van der Waals surface area (Å²) in [6.07, 6.45) is 0. The Hall–Kier alpha value is -1.15. The molecule has 0 radical (unpaired) electrons. The Morgan fingerprint density at radius 1 is 1.33 bits per heavy atom. The minimum absolute atomic E-state index is 0.0315. The van der Waals surface area contributed by atoms with Crippen LogP contribution in [-0.4, -0.2) is 27.5 Å². The second-order valence-corrected chi connectivity index (χ2v) is 5.62. The highest BCUT2D eigenvalue weighted by Crippen LogP contribution is 2.14. The fourth-order valence-electron chi connectivity index (χ4n) is 1.16. The number of nitrogens with one attached hydrogen (secondary N) is 2. The third-order valence-corrected chi connectivity index (χ3v) is 3.86. The van der Waals surface area contributed by atoms with E-state index in [4.69, 9.17) is 11.6 Å². The SMILES string of the molecule is CONC(=O)[C@H](C)NS(=O)(=O)c1ccc(Cl)cc1. The molecule has 1 amide bonds. The molecule has 0 spiro atoms. The molecule has 0 aliphatic rings. The van der Waals surface area contributed by atoms with Crippen molar-refractivity contribution in [2.45, 2.75) is 17.9 Å². The zero-order chi connectivity index (χ0) is 13.8. The van der Waals surface area contributed by atoms with Gasteiger partial charge >= 0.3 is 0 Å². The van der Waals surface area contributed by atoms with Crippen LogP contribution < -0.4 is 10.2 Å². The summed E-state index contributed by atoms with van der Waals surface area (Å²) >= 11 is 5.66. The lowest BCUT2D eigenvalue weighted by atomic mass is 10.4. The van der Waals surface area contributed by atoms with Gasteiger partial charge in [-0.2, -0.15) is 4.72 Å². The summed E-state index contributed by atoms with van der Waals surface area (Å²) in [6, 6.07) is 4.66. The number of carbonyl (C=O) groups is 1. The van der Waals surface area contributed by atoms with E-state index in [9.17, 15) is 13.2 Å². The standard InChI is InChI=1S/C10H13ClN2O4S/c1-7(10(14)12-17-2)13-18(15,16)9-5-3-8(11)4-6-9/h3-7,13H,1-2H3,(H,12,14)/t7-/m0/s1. The van der Waals surface area contributed by atoms with E-state index in [0.717, 1.165) is 0 Å². The number of benzene rings is 1. The molecule has 1 aromatic carbocycles. The van der Waals surface area contributed by atoms with Crippen molar-refractivity contribution in [1.82, 2.24) is 10.2 Å². The molecule has 1 aromatic rings. The molecule has 1 atom stereocenters. The number of rotatable bonds is 5. The maximum absolute atomic E-state index is 11.9. The monoisotopic (exact) mass is 292 g/mol. The van der Waals surface area contributed by atoms with Crippen LogP contribution in [0.4, 0.5) is 0 Å². The summed E-state index contributed by atoms with van der Waals surface area (Å²) in [4.78, 5) is 15.8. The molecule has 0 bridgehead atoms. The fraction of sp³-hybridized carbons (Fsp3) is 0.300. The molecular formula is C10H13ClN2O4S. The van der Waals surface area contributed by atoms with E-state index < -0.39 is 22.0 Å². The predicted molar refractivity (Wildman–Crippen MR) is 66.4 cm³/mol. The smallest absolute Gasteiger partial charge is 0.261 e. The highest BCUT2D eigenvalue weighted by atomic mass is 35.5. The summed E-state index contributed by atoms with van der Waals surface area (Å²) in [7, 11) is -2.50. The van der Waals surface area contributed by atoms with Gasteiger partial charge in [0.05, 0.1) is 12.0 Å². The number of amides is 1. The lowest BCUT2D eigenvalue weighted by molar-refractivity contribution is -0.132. The average molecular weight is 293 g/mol. The highest BCUT2D eigenvalue weighted by Gasteiger charge is 2.21. The second kappa shape index (κ2) is 6.14. The first-order valence-corrected chi connectivity index (χ1v) is 6.83. The van der Waals surface area contributed by atoms with E-state index in [2.05, 4.69) is 9.56 Å². The van der Waals surface area contributed by atoms with Crippen molar-refractivity contribution in [3.8, 4) is 0 Å². The number of carbonyl (C=O) groups excluding carboxylic acids is 1. The van der Waals surface area contributed by atoms with Crippen molar-refractivity contribution < 1.29 is 18.0 Å². The van der Waals surface area contributed by atoms with Crippen LogP contribution in [0.3, 0.4) is 0 Å². The number of hydroxylamine groups is 1. The Kier molecular flexibility index (Phi) is 5.09. The summed E-state index contributed by atoms with van der Waals surface area (Å²) in [5.41, 5.74) is 2.04. The van der Waals surface area contributed by atoms with Gasteiger partial charge < -0.3 is 0 Å². The normalized spacial score (nSPS) is 13.1. The van der Waals surface area contributed by atoms with Crippen LogP contribution in [0.15, 0.2) is 29.2 Å². The molecule has 0 aromatic heterocycles. The van der Waals surface area contributed by atoms with Crippen molar-refractivity contribution >= 4 is 27.5 Å². The van der Waals surface area contributed by atoms with Gasteiger partial charge in [0.15, 0.2) is 0 Å². The van der Waals surface area contributed by atoms with E-state index in [1.807, 2.05) is 5.48 Å². The lowest BCUT2D eigenvalue weighted by Crippen LogP contribution is -2.44. The minimum atomic E-state index is -3.76. The molecule has 0 unspecified atom stereocenters. The molecule has 6 nitrogen and oxygen atoms in total. The van der Waals surface area contributed by atoms with Crippen molar-refractivity contribution in [3.63, 3.8) is 0 Å². The molecule has 1 rings (SSSR count). The third kappa shape index (κ3) is 3.95. The molecule has 100 valence electrons. The largest absolute Gasteiger partial charge is 0.277 e. The fourth-order valence-corrected chi connectivity index (χ4v) is 2.49. The van der Waals surface area contributed by atoms with Crippen LogP contribution in [-0.2, 0) is 19.7 Å². The molecule has 0 fully saturated rings. The topological polar surface area (TPSA) is 84.5 Å². The maximum atomic E-state index is 11.9. The van der Waals surface area contributed by atoms with Gasteiger partial charge in [-0.05, 0) is 31.2 Å². The summed E-state index contributed by atoms with van der Waals surface area (Å²) in [6.45, 7) is 1.40. The molecule has 0 saturated heterocycles. The third-order valence-electron chi connectivity index (χ3n) is 2.05. The van der Waals surface area contributed by atoms with Crippen LogP contribution in [0.1, 0.15) is 6.92 Å². The second-order valence-electron chi connectivity index (χ2n) is 3.47. The Labute approximate surface area is 110 Å². The van der Waals surface area contributed by atoms with E-state index in [-0.39, 0.29) is 4.90 Å². The van der Waals surface area contributed by atoms with Crippen LogP contribution in [0.2, 0.25) is 5.02 Å². The maximum Gasteiger partial charge on any atom is 0.261 e. The van der Waals surface area contributed by atoms with Crippen LogP contribution in [0, 0.1) is 0 Å². The van der Waals surface area contributed by atoms with Gasteiger partial charge in [-0.3, -0.25) is 9.63 Å². The molecule has 8 heteroatoms. The Bertz CT molecular complexity index is 515. The van der Waals surface area contributed by atoms with Crippen LogP contribution in [0.5, 0.6) is 0 Å². The van der Waals surface area contributed by atoms with Gasteiger partial charge in [0.1, 0.15) is 6.04 Å². The van der Waals surface area contributed by atoms with E-state index in [0.29, 0.717) is 5.02 Å². The first kappa shape index (κ1) is 14.9. The van der Waals surface area contributed by atoms with Gasteiger partial charge in [-0.25, -0.2) is 13.9 Å². The number of hydrogen-bond acceptors (Lipinski definition) is 4. The molecule has 0 saturated carbocycles. The molecular weight excluding hydrogens is 280 g/mol. The van der Waals surface area contributed by atoms with Crippen LogP contribution in [0.25, 0.3) is 0 Å². The van der Waals surface area contributed by atoms with E-state index >= 15 is 0 Å². The van der Waals surface area contributed by atoms with Gasteiger partial charge in [0.2, 0.25) is 10.0 Å². The molecule has 0 heterocycles. The molecule has 0 aliphatic carbocycles. The molecule has 18 heavy (non-hydrogen) atoms. The zero-order valence-electron chi connectivity index (χ0n) is 9.81. The zero-order valence-corrected chi connectivity index (χ0v) is 11.4. The first-order valence-electron chi connectivity index (χ1n) is 4.97. The van der Waals surface area contributed by atoms with Gasteiger partial charge in [-0.15, -0.1) is 0 Å². The number of halogens is 1. The van der Waals surface area contributed by atoms with E-state index in [1.165, 1.54) is 38.3 Å². The van der Waals surface area contributed by atoms with Crippen molar-refractivity contribution in [1.29, 1.82) is 0 Å². The number of hydrogen-bond donors (Lipinski definition) is 2. The van der Waals surface area contributed by atoms with Crippen LogP contribution >= 0.6 is 11.6 Å². The summed E-state index contributed by atoms with van der Waals surface area (Å²) < 4.78 is 26.0. The van der Waals surface area contributed by atoms with Crippen molar-refractivity contribution in [3.05, 3.63) is 29.3 Å². The highest BCUT2D eigenvalue weighted by molar-refractivity contribution is 7.89. The summed E-state index contributed by atoms with van der Waals surface area (Å²) in [5, 5.41) is 0.430. The molecule has 0 aliphatic heterocycles. The Morgan fingerprint density at radius 2 is 1.89 bits per heavy atom. The average Bonchev–Trinajstić information content (AvgIpc) is 2.29. The lowest BCUT2D eigenvalue weighted by Gasteiger charge is -2.13. The van der Waals surface area contributed by atoms with Crippen molar-refractivity contribution in [2.24, 2.45) is 0 Å². The van der Waals surface area contributed by atoms with Crippen molar-refractivity contribution in [2.75, 3.05) is 7.11 Å². The Balaban J connectivity index is 2.82. The number of sulfonamides is 1. The summed E-state index contributed by atoms with van der Waals surface area (Å²) in [5.74, 6) is -0.588.